The summed E-state index contributed by atoms with van der Waals surface area (Å²) < 4.78 is 27.0. The van der Waals surface area contributed by atoms with E-state index >= 15 is 0 Å². The first-order valence-electron chi connectivity index (χ1n) is 7.56. The van der Waals surface area contributed by atoms with E-state index in [1.165, 1.54) is 29.9 Å². The smallest absolute Gasteiger partial charge is 0.258 e. The Morgan fingerprint density at radius 2 is 1.79 bits per heavy atom. The third kappa shape index (κ3) is 3.70. The first kappa shape index (κ1) is 16.8. The van der Waals surface area contributed by atoms with E-state index < -0.39 is 14.9 Å². The topological polar surface area (TPSA) is 115 Å². The first-order valence-corrected chi connectivity index (χ1v) is 9.86. The fourth-order valence-corrected chi connectivity index (χ4v) is 4.85. The lowest BCUT2D eigenvalue weighted by Gasteiger charge is -2.18. The maximum absolute atomic E-state index is 12.3. The van der Waals surface area contributed by atoms with E-state index in [-0.39, 0.29) is 15.7 Å². The normalized spacial score (nSPS) is 16.0. The summed E-state index contributed by atoms with van der Waals surface area (Å²) in [6, 6.07) is 4.71. The molecule has 24 heavy (non-hydrogen) atoms. The Balaban J connectivity index is 1.74. The van der Waals surface area contributed by atoms with Crippen LogP contribution in [0.5, 0.6) is 0 Å². The fourth-order valence-electron chi connectivity index (χ4n) is 2.71. The number of anilines is 1. The van der Waals surface area contributed by atoms with Gasteiger partial charge in [0.1, 0.15) is 5.01 Å². The van der Waals surface area contributed by atoms with Crippen molar-refractivity contribution < 1.29 is 13.3 Å². The summed E-state index contributed by atoms with van der Waals surface area (Å²) in [5.74, 6) is 0.355. The van der Waals surface area contributed by atoms with Crippen LogP contribution in [0, 0.1) is 10.1 Å². The van der Waals surface area contributed by atoms with Crippen LogP contribution < -0.4 is 4.72 Å². The van der Waals surface area contributed by atoms with Gasteiger partial charge in [0, 0.05) is 18.1 Å². The molecule has 0 amide bonds. The molecule has 128 valence electrons. The number of hydrogen-bond acceptors (Lipinski definition) is 7. The van der Waals surface area contributed by atoms with Gasteiger partial charge in [-0.1, -0.05) is 30.6 Å². The standard InChI is InChI=1S/C14H16N4O4S2/c19-18(20)11-6-8-12(9-7-11)24(21,22)17-14-16-15-13(23-14)10-4-2-1-3-5-10/h6-10H,1-5H2,(H,16,17). The lowest BCUT2D eigenvalue weighted by molar-refractivity contribution is -0.384. The van der Waals surface area contributed by atoms with Gasteiger partial charge in [-0.15, -0.1) is 10.2 Å². The number of nitro groups is 1. The molecule has 10 heteroatoms. The molecule has 1 aromatic heterocycles. The van der Waals surface area contributed by atoms with Gasteiger partial charge in [-0.3, -0.25) is 14.8 Å². The zero-order valence-electron chi connectivity index (χ0n) is 12.7. The number of aromatic nitrogens is 2. The van der Waals surface area contributed by atoms with Crippen molar-refractivity contribution >= 4 is 32.2 Å². The Bertz CT molecular complexity index is 827. The average Bonchev–Trinajstić information content (AvgIpc) is 3.03. The molecule has 1 aromatic carbocycles. The van der Waals surface area contributed by atoms with Crippen molar-refractivity contribution in [2.45, 2.75) is 42.9 Å². The van der Waals surface area contributed by atoms with Crippen LogP contribution in [0.25, 0.3) is 0 Å². The van der Waals surface area contributed by atoms with Crippen molar-refractivity contribution in [1.82, 2.24) is 10.2 Å². The molecule has 1 saturated carbocycles. The van der Waals surface area contributed by atoms with Gasteiger partial charge < -0.3 is 0 Å². The number of sulfonamides is 1. The van der Waals surface area contributed by atoms with Crippen molar-refractivity contribution in [2.24, 2.45) is 0 Å². The minimum atomic E-state index is -3.84. The lowest BCUT2D eigenvalue weighted by Crippen LogP contribution is -2.12. The minimum Gasteiger partial charge on any atom is -0.258 e. The van der Waals surface area contributed by atoms with Gasteiger partial charge in [0.25, 0.3) is 15.7 Å². The van der Waals surface area contributed by atoms with Crippen LogP contribution in [0.4, 0.5) is 10.8 Å². The highest BCUT2D eigenvalue weighted by Gasteiger charge is 2.22. The number of nitrogens with zero attached hydrogens (tertiary/aromatic N) is 3. The van der Waals surface area contributed by atoms with E-state index in [1.807, 2.05) is 0 Å². The molecule has 1 aliphatic carbocycles. The molecule has 1 aliphatic rings. The Morgan fingerprint density at radius 1 is 1.12 bits per heavy atom. The van der Waals surface area contributed by atoms with Gasteiger partial charge in [0.05, 0.1) is 9.82 Å². The Labute approximate surface area is 143 Å². The molecule has 1 N–H and O–H groups in total. The third-order valence-corrected chi connectivity index (χ3v) is 6.46. The van der Waals surface area contributed by atoms with Crippen molar-refractivity contribution in [2.75, 3.05) is 4.72 Å². The molecule has 1 heterocycles. The molecule has 0 saturated heterocycles. The number of benzene rings is 1. The van der Waals surface area contributed by atoms with Crippen LogP contribution in [0.2, 0.25) is 0 Å². The maximum atomic E-state index is 12.3. The predicted octanol–water partition coefficient (Wildman–Crippen LogP) is 3.29. The Morgan fingerprint density at radius 3 is 2.42 bits per heavy atom. The third-order valence-electron chi connectivity index (χ3n) is 3.97. The van der Waals surface area contributed by atoms with Crippen LogP contribution in [-0.2, 0) is 10.0 Å². The zero-order valence-corrected chi connectivity index (χ0v) is 14.3. The zero-order chi connectivity index (χ0) is 17.2. The molecule has 0 aliphatic heterocycles. The molecule has 0 radical (unpaired) electrons. The van der Waals surface area contributed by atoms with Gasteiger partial charge in [0.15, 0.2) is 0 Å². The largest absolute Gasteiger partial charge is 0.269 e. The second-order valence-corrected chi connectivity index (χ2v) is 8.33. The molecule has 3 rings (SSSR count). The first-order chi connectivity index (χ1) is 11.5. The average molecular weight is 368 g/mol. The number of nitrogens with one attached hydrogen (secondary N) is 1. The van der Waals surface area contributed by atoms with Crippen LogP contribution in [0.3, 0.4) is 0 Å². The molecule has 0 atom stereocenters. The van der Waals surface area contributed by atoms with Crippen molar-refractivity contribution in [3.05, 3.63) is 39.4 Å². The fraction of sp³-hybridized carbons (Fsp3) is 0.429. The highest BCUT2D eigenvalue weighted by molar-refractivity contribution is 7.93. The maximum Gasteiger partial charge on any atom is 0.269 e. The molecule has 0 spiro atoms. The number of nitro benzene ring substituents is 1. The summed E-state index contributed by atoms with van der Waals surface area (Å²) >= 11 is 1.25. The molecular formula is C14H16N4O4S2. The summed E-state index contributed by atoms with van der Waals surface area (Å²) in [6.45, 7) is 0. The summed E-state index contributed by atoms with van der Waals surface area (Å²) in [7, 11) is -3.84. The second-order valence-electron chi connectivity index (χ2n) is 5.64. The van der Waals surface area contributed by atoms with E-state index in [2.05, 4.69) is 14.9 Å². The van der Waals surface area contributed by atoms with Gasteiger partial charge in [-0.25, -0.2) is 8.42 Å². The van der Waals surface area contributed by atoms with E-state index in [0.29, 0.717) is 5.92 Å². The minimum absolute atomic E-state index is 0.0532. The van der Waals surface area contributed by atoms with E-state index in [1.54, 1.807) is 0 Å². The second kappa shape index (κ2) is 6.81. The summed E-state index contributed by atoms with van der Waals surface area (Å²) in [4.78, 5) is 10.00. The molecule has 8 nitrogen and oxygen atoms in total. The van der Waals surface area contributed by atoms with Crippen LogP contribution in [0.1, 0.15) is 43.0 Å². The number of non-ortho nitro benzene ring substituents is 1. The molecule has 1 fully saturated rings. The summed E-state index contributed by atoms with van der Waals surface area (Å²) in [5, 5.41) is 19.7. The SMILES string of the molecule is O=[N+]([O-])c1ccc(S(=O)(=O)Nc2nnc(C3CCCCC3)s2)cc1. The van der Waals surface area contributed by atoms with Gasteiger partial charge in [-0.05, 0) is 25.0 Å². The highest BCUT2D eigenvalue weighted by Crippen LogP contribution is 2.35. The predicted molar refractivity (Wildman–Crippen MR) is 89.6 cm³/mol. The molecule has 0 unspecified atom stereocenters. The van der Waals surface area contributed by atoms with Crippen LogP contribution >= 0.6 is 11.3 Å². The quantitative estimate of drug-likeness (QED) is 0.639. The van der Waals surface area contributed by atoms with Gasteiger partial charge in [-0.2, -0.15) is 0 Å². The van der Waals surface area contributed by atoms with Crippen LogP contribution in [0.15, 0.2) is 29.2 Å². The summed E-state index contributed by atoms with van der Waals surface area (Å²) in [5.41, 5.74) is -0.163. The van der Waals surface area contributed by atoms with E-state index in [4.69, 9.17) is 0 Å². The van der Waals surface area contributed by atoms with Crippen molar-refractivity contribution in [3.63, 3.8) is 0 Å². The molecule has 2 aromatic rings. The molecular weight excluding hydrogens is 352 g/mol. The highest BCUT2D eigenvalue weighted by atomic mass is 32.2. The van der Waals surface area contributed by atoms with E-state index in [0.717, 1.165) is 42.8 Å². The summed E-state index contributed by atoms with van der Waals surface area (Å²) in [6.07, 6.45) is 5.67. The monoisotopic (exact) mass is 368 g/mol. The number of rotatable bonds is 5. The lowest BCUT2D eigenvalue weighted by atomic mass is 9.90. The van der Waals surface area contributed by atoms with Gasteiger partial charge >= 0.3 is 0 Å². The molecule has 0 bridgehead atoms. The van der Waals surface area contributed by atoms with Crippen LogP contribution in [-0.4, -0.2) is 23.5 Å². The Hall–Kier alpha value is -2.07. The number of hydrogen-bond donors (Lipinski definition) is 1. The van der Waals surface area contributed by atoms with Crippen molar-refractivity contribution in [1.29, 1.82) is 0 Å². The van der Waals surface area contributed by atoms with Gasteiger partial charge in [0.2, 0.25) is 5.13 Å². The Kier molecular flexibility index (Phi) is 4.76. The van der Waals surface area contributed by atoms with Crippen molar-refractivity contribution in [3.8, 4) is 0 Å². The van der Waals surface area contributed by atoms with E-state index in [9.17, 15) is 18.5 Å².